The summed E-state index contributed by atoms with van der Waals surface area (Å²) in [5.74, 6) is -1.13. The summed E-state index contributed by atoms with van der Waals surface area (Å²) in [6, 6.07) is 16.9. The number of hydrazone groups is 1. The fraction of sp³-hybridized carbons (Fsp3) is 0.241. The summed E-state index contributed by atoms with van der Waals surface area (Å²) >= 11 is 2.07. The van der Waals surface area contributed by atoms with Gasteiger partial charge in [0.1, 0.15) is 0 Å². The van der Waals surface area contributed by atoms with Crippen molar-refractivity contribution >= 4 is 52.2 Å². The lowest BCUT2D eigenvalue weighted by Crippen LogP contribution is -2.37. The molecule has 0 saturated carbocycles. The molecule has 0 fully saturated rings. The second-order valence-corrected chi connectivity index (χ2v) is 10.0. The van der Waals surface area contributed by atoms with Crippen molar-refractivity contribution in [2.45, 2.75) is 34.2 Å². The average Bonchev–Trinajstić information content (AvgIpc) is 2.87. The van der Waals surface area contributed by atoms with Gasteiger partial charge >= 0.3 is 11.8 Å². The highest BCUT2D eigenvalue weighted by Gasteiger charge is 2.15. The SMILES string of the molecule is CCOc1cc(/C=N\NC(=O)C(=O)NCc2ccc(C)cc2)cc(I)c1OCC(=O)Nc1cc(C)cc(C)c1. The number of carbonyl (C=O) groups is 3. The average molecular weight is 642 g/mol. The Morgan fingerprint density at radius 1 is 0.897 bits per heavy atom. The highest BCUT2D eigenvalue weighted by Crippen LogP contribution is 2.34. The molecular weight excluding hydrogens is 611 g/mol. The van der Waals surface area contributed by atoms with Crippen LogP contribution in [-0.2, 0) is 20.9 Å². The Morgan fingerprint density at radius 2 is 1.59 bits per heavy atom. The highest BCUT2D eigenvalue weighted by atomic mass is 127. The normalized spacial score (nSPS) is 10.7. The highest BCUT2D eigenvalue weighted by molar-refractivity contribution is 14.1. The van der Waals surface area contributed by atoms with E-state index in [1.807, 2.05) is 70.2 Å². The van der Waals surface area contributed by atoms with E-state index in [1.54, 1.807) is 12.1 Å². The number of anilines is 1. The fourth-order valence-corrected chi connectivity index (χ4v) is 4.41. The van der Waals surface area contributed by atoms with Crippen molar-refractivity contribution in [3.8, 4) is 11.5 Å². The number of hydrogen-bond donors (Lipinski definition) is 3. The van der Waals surface area contributed by atoms with Crippen molar-refractivity contribution in [3.05, 3.63) is 86.0 Å². The summed E-state index contributed by atoms with van der Waals surface area (Å²) in [6.07, 6.45) is 1.40. The van der Waals surface area contributed by atoms with Gasteiger partial charge in [0.15, 0.2) is 18.1 Å². The molecule has 3 aromatic carbocycles. The Bertz CT molecular complexity index is 1350. The molecule has 0 unspecified atom stereocenters. The van der Waals surface area contributed by atoms with E-state index >= 15 is 0 Å². The largest absolute Gasteiger partial charge is 0.490 e. The summed E-state index contributed by atoms with van der Waals surface area (Å²) in [7, 11) is 0. The molecule has 0 aliphatic heterocycles. The van der Waals surface area contributed by atoms with Gasteiger partial charge in [-0.1, -0.05) is 35.9 Å². The Hall–Kier alpha value is -3.93. The number of ether oxygens (including phenoxy) is 2. The van der Waals surface area contributed by atoms with Crippen LogP contribution in [0.2, 0.25) is 0 Å². The number of hydrogen-bond acceptors (Lipinski definition) is 6. The molecule has 3 N–H and O–H groups in total. The van der Waals surface area contributed by atoms with Gasteiger partial charge in [-0.25, -0.2) is 5.43 Å². The van der Waals surface area contributed by atoms with Gasteiger partial charge in [0.25, 0.3) is 5.91 Å². The number of rotatable bonds is 10. The van der Waals surface area contributed by atoms with E-state index in [2.05, 4.69) is 43.8 Å². The van der Waals surface area contributed by atoms with Crippen molar-refractivity contribution in [1.29, 1.82) is 0 Å². The van der Waals surface area contributed by atoms with Crippen molar-refractivity contribution in [3.63, 3.8) is 0 Å². The number of halogens is 1. The van der Waals surface area contributed by atoms with Gasteiger partial charge in [-0.05, 0) is 96.8 Å². The molecule has 0 aromatic heterocycles. The van der Waals surface area contributed by atoms with Crippen LogP contribution in [0.4, 0.5) is 5.69 Å². The van der Waals surface area contributed by atoms with Gasteiger partial charge in [0, 0.05) is 12.2 Å². The Labute approximate surface area is 241 Å². The molecule has 3 rings (SSSR count). The molecule has 9 nitrogen and oxygen atoms in total. The topological polar surface area (TPSA) is 118 Å². The predicted octanol–water partition coefficient (Wildman–Crippen LogP) is 4.40. The number of aryl methyl sites for hydroxylation is 3. The molecule has 0 spiro atoms. The zero-order valence-electron chi connectivity index (χ0n) is 22.3. The van der Waals surface area contributed by atoms with Crippen LogP contribution < -0.4 is 25.5 Å². The second-order valence-electron chi connectivity index (χ2n) is 8.84. The van der Waals surface area contributed by atoms with Crippen LogP contribution in [0.5, 0.6) is 11.5 Å². The first-order chi connectivity index (χ1) is 18.6. The number of nitrogens with one attached hydrogen (secondary N) is 3. The molecule has 0 aliphatic carbocycles. The first kappa shape index (κ1) is 29.6. The summed E-state index contributed by atoms with van der Waals surface area (Å²) in [5.41, 5.74) is 7.63. The summed E-state index contributed by atoms with van der Waals surface area (Å²) in [5, 5.41) is 9.29. The van der Waals surface area contributed by atoms with Gasteiger partial charge < -0.3 is 20.1 Å². The summed E-state index contributed by atoms with van der Waals surface area (Å²) in [4.78, 5) is 36.7. The van der Waals surface area contributed by atoms with Crippen LogP contribution in [0.25, 0.3) is 0 Å². The third-order valence-electron chi connectivity index (χ3n) is 5.34. The van der Waals surface area contributed by atoms with E-state index in [-0.39, 0.29) is 19.1 Å². The molecule has 0 aliphatic rings. The van der Waals surface area contributed by atoms with Crippen LogP contribution >= 0.6 is 22.6 Å². The minimum Gasteiger partial charge on any atom is -0.490 e. The molecule has 0 atom stereocenters. The maximum absolute atomic E-state index is 12.5. The van der Waals surface area contributed by atoms with Crippen molar-refractivity contribution in [2.75, 3.05) is 18.5 Å². The van der Waals surface area contributed by atoms with Crippen molar-refractivity contribution in [2.24, 2.45) is 5.10 Å². The first-order valence-corrected chi connectivity index (χ1v) is 13.4. The molecule has 3 amide bonds. The minimum absolute atomic E-state index is 0.204. The van der Waals surface area contributed by atoms with Crippen LogP contribution in [0.3, 0.4) is 0 Å². The van der Waals surface area contributed by atoms with Crippen LogP contribution in [0.15, 0.2) is 59.7 Å². The van der Waals surface area contributed by atoms with Crippen molar-refractivity contribution in [1.82, 2.24) is 10.7 Å². The molecule has 0 bridgehead atoms. The lowest BCUT2D eigenvalue weighted by atomic mass is 10.1. The number of carbonyl (C=O) groups excluding carboxylic acids is 3. The predicted molar refractivity (Wildman–Crippen MR) is 159 cm³/mol. The lowest BCUT2D eigenvalue weighted by molar-refractivity contribution is -0.139. The number of benzene rings is 3. The third kappa shape index (κ3) is 9.40. The maximum Gasteiger partial charge on any atom is 0.329 e. The molecule has 0 heterocycles. The van der Waals surface area contributed by atoms with Gasteiger partial charge in [0.05, 0.1) is 16.4 Å². The third-order valence-corrected chi connectivity index (χ3v) is 6.15. The quantitative estimate of drug-likeness (QED) is 0.131. The van der Waals surface area contributed by atoms with E-state index in [0.29, 0.717) is 32.9 Å². The second kappa shape index (κ2) is 14.3. The van der Waals surface area contributed by atoms with Gasteiger partial charge in [-0.2, -0.15) is 5.10 Å². The van der Waals surface area contributed by atoms with Crippen LogP contribution in [-0.4, -0.2) is 37.1 Å². The van der Waals surface area contributed by atoms with E-state index in [4.69, 9.17) is 9.47 Å². The minimum atomic E-state index is -0.882. The molecule has 0 radical (unpaired) electrons. The van der Waals surface area contributed by atoms with Crippen LogP contribution in [0.1, 0.15) is 34.7 Å². The standard InChI is InChI=1S/C29H31IN4O5/c1-5-38-25-14-22(16-32-34-29(37)28(36)31-15-21-8-6-18(2)7-9-21)13-24(30)27(25)39-17-26(35)33-23-11-19(3)10-20(4)12-23/h6-14,16H,5,15,17H2,1-4H3,(H,31,36)(H,33,35)(H,34,37)/b32-16-. The number of amides is 3. The van der Waals surface area contributed by atoms with E-state index in [1.165, 1.54) is 6.21 Å². The van der Waals surface area contributed by atoms with Gasteiger partial charge in [0.2, 0.25) is 0 Å². The van der Waals surface area contributed by atoms with E-state index < -0.39 is 11.8 Å². The first-order valence-electron chi connectivity index (χ1n) is 12.3. The van der Waals surface area contributed by atoms with Gasteiger partial charge in [-0.15, -0.1) is 0 Å². The summed E-state index contributed by atoms with van der Waals surface area (Å²) in [6.45, 7) is 8.14. The molecular formula is C29H31IN4O5. The Kier molecular flexibility index (Phi) is 10.9. The molecule has 39 heavy (non-hydrogen) atoms. The maximum atomic E-state index is 12.5. The van der Waals surface area contributed by atoms with E-state index in [9.17, 15) is 14.4 Å². The Balaban J connectivity index is 1.58. The molecule has 0 saturated heterocycles. The molecule has 3 aromatic rings. The molecule has 204 valence electrons. The van der Waals surface area contributed by atoms with E-state index in [0.717, 1.165) is 22.3 Å². The fourth-order valence-electron chi connectivity index (χ4n) is 3.63. The molecule has 10 heteroatoms. The van der Waals surface area contributed by atoms with Gasteiger partial charge in [-0.3, -0.25) is 14.4 Å². The summed E-state index contributed by atoms with van der Waals surface area (Å²) < 4.78 is 12.2. The zero-order chi connectivity index (χ0) is 28.4. The zero-order valence-corrected chi connectivity index (χ0v) is 24.4. The number of nitrogens with zero attached hydrogens (tertiary/aromatic N) is 1. The van der Waals surface area contributed by atoms with Crippen molar-refractivity contribution < 1.29 is 23.9 Å². The smallest absolute Gasteiger partial charge is 0.329 e. The monoisotopic (exact) mass is 642 g/mol. The lowest BCUT2D eigenvalue weighted by Gasteiger charge is -2.15. The Morgan fingerprint density at radius 3 is 2.26 bits per heavy atom. The van der Waals surface area contributed by atoms with Crippen LogP contribution in [0, 0.1) is 24.3 Å².